The normalized spacial score (nSPS) is 12.3. The standard InChI is InChI=1S/C15H16F3N5/c1-9-3-4-11(7-10(9)2)22-14(19)21-8-13-20-6-5-12(23-13)15(16,17)18/h3-7H,8H2,1-2H3,(H3,19,21,22). The monoisotopic (exact) mass is 323 g/mol. The Morgan fingerprint density at radius 1 is 1.22 bits per heavy atom. The van der Waals surface area contributed by atoms with Crippen molar-refractivity contribution in [3.63, 3.8) is 0 Å². The fraction of sp³-hybridized carbons (Fsp3) is 0.267. The molecule has 0 bridgehead atoms. The fourth-order valence-corrected chi connectivity index (χ4v) is 1.80. The van der Waals surface area contributed by atoms with Gasteiger partial charge in [0.2, 0.25) is 0 Å². The third-order valence-electron chi connectivity index (χ3n) is 3.17. The van der Waals surface area contributed by atoms with Crippen molar-refractivity contribution in [2.45, 2.75) is 26.6 Å². The summed E-state index contributed by atoms with van der Waals surface area (Å²) in [5, 5.41) is 2.88. The fourth-order valence-electron chi connectivity index (χ4n) is 1.80. The van der Waals surface area contributed by atoms with Gasteiger partial charge in [-0.2, -0.15) is 13.2 Å². The number of hydrogen-bond acceptors (Lipinski definition) is 3. The predicted molar refractivity (Wildman–Crippen MR) is 81.9 cm³/mol. The van der Waals surface area contributed by atoms with Gasteiger partial charge in [-0.25, -0.2) is 15.0 Å². The van der Waals surface area contributed by atoms with Gasteiger partial charge in [0.15, 0.2) is 5.96 Å². The number of nitrogens with one attached hydrogen (secondary N) is 1. The van der Waals surface area contributed by atoms with Crippen LogP contribution in [-0.2, 0) is 12.7 Å². The highest BCUT2D eigenvalue weighted by molar-refractivity contribution is 5.92. The molecule has 0 saturated heterocycles. The highest BCUT2D eigenvalue weighted by Gasteiger charge is 2.32. The minimum atomic E-state index is -4.51. The molecule has 5 nitrogen and oxygen atoms in total. The molecule has 2 aromatic rings. The van der Waals surface area contributed by atoms with Gasteiger partial charge in [0.25, 0.3) is 0 Å². The van der Waals surface area contributed by atoms with Crippen LogP contribution in [-0.4, -0.2) is 15.9 Å². The van der Waals surface area contributed by atoms with E-state index in [0.717, 1.165) is 29.1 Å². The first-order valence-electron chi connectivity index (χ1n) is 6.79. The molecule has 0 spiro atoms. The van der Waals surface area contributed by atoms with Gasteiger partial charge in [-0.05, 0) is 43.2 Å². The molecular weight excluding hydrogens is 307 g/mol. The first-order valence-corrected chi connectivity index (χ1v) is 6.79. The molecule has 2 rings (SSSR count). The third-order valence-corrected chi connectivity index (χ3v) is 3.17. The lowest BCUT2D eigenvalue weighted by Gasteiger charge is -2.08. The first kappa shape index (κ1) is 16.7. The number of alkyl halides is 3. The summed E-state index contributed by atoms with van der Waals surface area (Å²) >= 11 is 0. The van der Waals surface area contributed by atoms with Crippen molar-refractivity contribution in [1.29, 1.82) is 0 Å². The number of nitrogens with zero attached hydrogens (tertiary/aromatic N) is 3. The Hall–Kier alpha value is -2.64. The molecule has 0 aliphatic carbocycles. The Labute approximate surface area is 131 Å². The smallest absolute Gasteiger partial charge is 0.370 e. The number of guanidine groups is 1. The number of aliphatic imine (C=N–C) groups is 1. The zero-order chi connectivity index (χ0) is 17.0. The molecule has 0 amide bonds. The van der Waals surface area contributed by atoms with E-state index in [1.165, 1.54) is 0 Å². The molecule has 0 saturated carbocycles. The maximum absolute atomic E-state index is 12.6. The van der Waals surface area contributed by atoms with Crippen molar-refractivity contribution < 1.29 is 13.2 Å². The lowest BCUT2D eigenvalue weighted by atomic mass is 10.1. The Morgan fingerprint density at radius 2 is 1.96 bits per heavy atom. The minimum Gasteiger partial charge on any atom is -0.370 e. The Kier molecular flexibility index (Phi) is 4.83. The maximum atomic E-state index is 12.6. The van der Waals surface area contributed by atoms with Crippen LogP contribution in [0.5, 0.6) is 0 Å². The summed E-state index contributed by atoms with van der Waals surface area (Å²) in [6, 6.07) is 6.48. The average Bonchev–Trinajstić information content (AvgIpc) is 2.48. The largest absolute Gasteiger partial charge is 0.433 e. The predicted octanol–water partition coefficient (Wildman–Crippen LogP) is 3.04. The quantitative estimate of drug-likeness (QED) is 0.672. The topological polar surface area (TPSA) is 76.2 Å². The van der Waals surface area contributed by atoms with E-state index in [-0.39, 0.29) is 18.3 Å². The van der Waals surface area contributed by atoms with Crippen molar-refractivity contribution in [2.75, 3.05) is 5.32 Å². The molecule has 1 heterocycles. The van der Waals surface area contributed by atoms with E-state index in [0.29, 0.717) is 0 Å². The van der Waals surface area contributed by atoms with Crippen LogP contribution in [0.25, 0.3) is 0 Å². The van der Waals surface area contributed by atoms with Gasteiger partial charge in [0.05, 0.1) is 0 Å². The van der Waals surface area contributed by atoms with E-state index in [1.807, 2.05) is 32.0 Å². The van der Waals surface area contributed by atoms with Gasteiger partial charge in [-0.3, -0.25) is 0 Å². The third kappa shape index (κ3) is 4.67. The number of rotatable bonds is 3. The van der Waals surface area contributed by atoms with Crippen LogP contribution in [0.15, 0.2) is 35.5 Å². The highest BCUT2D eigenvalue weighted by atomic mass is 19.4. The molecule has 0 radical (unpaired) electrons. The molecular formula is C15H16F3N5. The number of aromatic nitrogens is 2. The summed E-state index contributed by atoms with van der Waals surface area (Å²) in [6.07, 6.45) is -3.46. The van der Waals surface area contributed by atoms with E-state index in [2.05, 4.69) is 20.3 Å². The van der Waals surface area contributed by atoms with Crippen molar-refractivity contribution in [3.8, 4) is 0 Å². The van der Waals surface area contributed by atoms with Gasteiger partial charge in [0.1, 0.15) is 18.1 Å². The van der Waals surface area contributed by atoms with Crippen molar-refractivity contribution in [2.24, 2.45) is 10.7 Å². The number of benzene rings is 1. The molecule has 0 fully saturated rings. The van der Waals surface area contributed by atoms with Crippen LogP contribution in [0.4, 0.5) is 18.9 Å². The second-order valence-electron chi connectivity index (χ2n) is 4.98. The SMILES string of the molecule is Cc1ccc(NC(N)=NCc2nccc(C(F)(F)F)n2)cc1C. The van der Waals surface area contributed by atoms with Crippen molar-refractivity contribution >= 4 is 11.6 Å². The molecule has 0 unspecified atom stereocenters. The van der Waals surface area contributed by atoms with Crippen LogP contribution in [0, 0.1) is 13.8 Å². The summed E-state index contributed by atoms with van der Waals surface area (Å²) in [4.78, 5) is 11.1. The molecule has 122 valence electrons. The summed E-state index contributed by atoms with van der Waals surface area (Å²) in [5.41, 5.74) is 7.70. The van der Waals surface area contributed by atoms with E-state index in [1.54, 1.807) is 0 Å². The van der Waals surface area contributed by atoms with Crippen LogP contribution < -0.4 is 11.1 Å². The van der Waals surface area contributed by atoms with Crippen LogP contribution in [0.3, 0.4) is 0 Å². The Morgan fingerprint density at radius 3 is 2.61 bits per heavy atom. The molecule has 0 aliphatic heterocycles. The summed E-state index contributed by atoms with van der Waals surface area (Å²) in [7, 11) is 0. The van der Waals surface area contributed by atoms with Gasteiger partial charge in [-0.15, -0.1) is 0 Å². The lowest BCUT2D eigenvalue weighted by molar-refractivity contribution is -0.141. The second kappa shape index (κ2) is 6.64. The van der Waals surface area contributed by atoms with Crippen LogP contribution in [0.1, 0.15) is 22.6 Å². The first-order chi connectivity index (χ1) is 10.8. The van der Waals surface area contributed by atoms with E-state index >= 15 is 0 Å². The highest BCUT2D eigenvalue weighted by Crippen LogP contribution is 2.26. The molecule has 0 atom stereocenters. The zero-order valence-corrected chi connectivity index (χ0v) is 12.6. The molecule has 1 aromatic carbocycles. The van der Waals surface area contributed by atoms with Gasteiger partial charge in [-0.1, -0.05) is 6.07 Å². The second-order valence-corrected chi connectivity index (χ2v) is 4.98. The molecule has 8 heteroatoms. The van der Waals surface area contributed by atoms with Crippen LogP contribution >= 0.6 is 0 Å². The maximum Gasteiger partial charge on any atom is 0.433 e. The van der Waals surface area contributed by atoms with Crippen LogP contribution in [0.2, 0.25) is 0 Å². The van der Waals surface area contributed by atoms with Gasteiger partial charge >= 0.3 is 6.18 Å². The van der Waals surface area contributed by atoms with Gasteiger partial charge < -0.3 is 11.1 Å². The summed E-state index contributed by atoms with van der Waals surface area (Å²) < 4.78 is 37.7. The van der Waals surface area contributed by atoms with E-state index in [4.69, 9.17) is 5.73 Å². The van der Waals surface area contributed by atoms with Gasteiger partial charge in [0, 0.05) is 11.9 Å². The molecule has 23 heavy (non-hydrogen) atoms. The summed E-state index contributed by atoms with van der Waals surface area (Å²) in [5.74, 6) is 0.0268. The number of nitrogens with two attached hydrogens (primary N) is 1. The van der Waals surface area contributed by atoms with E-state index in [9.17, 15) is 13.2 Å². The number of aryl methyl sites for hydroxylation is 2. The Balaban J connectivity index is 2.06. The van der Waals surface area contributed by atoms with E-state index < -0.39 is 11.9 Å². The molecule has 0 aliphatic rings. The molecule has 1 aromatic heterocycles. The van der Waals surface area contributed by atoms with Crippen molar-refractivity contribution in [3.05, 3.63) is 53.1 Å². The number of anilines is 1. The van der Waals surface area contributed by atoms with Crippen molar-refractivity contribution in [1.82, 2.24) is 9.97 Å². The lowest BCUT2D eigenvalue weighted by Crippen LogP contribution is -2.23. The average molecular weight is 323 g/mol. The number of halogens is 3. The molecule has 3 N–H and O–H groups in total. The minimum absolute atomic E-state index is 0.0512. The zero-order valence-electron chi connectivity index (χ0n) is 12.6. The number of hydrogen-bond donors (Lipinski definition) is 2. The Bertz CT molecular complexity index is 725. The summed E-state index contributed by atoms with van der Waals surface area (Å²) in [6.45, 7) is 3.81.